The van der Waals surface area contributed by atoms with Crippen LogP contribution < -0.4 is 11.2 Å². The van der Waals surface area contributed by atoms with Crippen LogP contribution in [-0.2, 0) is 17.7 Å². The summed E-state index contributed by atoms with van der Waals surface area (Å²) in [5.74, 6) is 0. The van der Waals surface area contributed by atoms with Crippen LogP contribution in [0.15, 0.2) is 21.9 Å². The highest BCUT2D eigenvalue weighted by atomic mass is 28.5. The number of ether oxygens (including phenoxy) is 1. The van der Waals surface area contributed by atoms with Crippen molar-refractivity contribution in [3.63, 3.8) is 0 Å². The van der Waals surface area contributed by atoms with Crippen molar-refractivity contribution in [1.29, 1.82) is 0 Å². The van der Waals surface area contributed by atoms with Crippen LogP contribution in [0.1, 0.15) is 61.6 Å². The van der Waals surface area contributed by atoms with E-state index in [9.17, 15) is 14.7 Å². The summed E-state index contributed by atoms with van der Waals surface area (Å²) < 4.78 is 27.9. The summed E-state index contributed by atoms with van der Waals surface area (Å²) in [6.45, 7) is 17.2. The Hall–Kier alpha value is -1.09. The summed E-state index contributed by atoms with van der Waals surface area (Å²) in [7, 11) is -5.63. The van der Waals surface area contributed by atoms with Gasteiger partial charge in [-0.2, -0.15) is 0 Å². The molecule has 11 heteroatoms. The molecule has 2 fully saturated rings. The molecule has 0 aromatic carbocycles. The average molecular weight is 487 g/mol. The number of nitrogens with zero attached hydrogens (tertiary/aromatic N) is 1. The number of H-pyrrole nitrogens is 1. The molecule has 4 unspecified atom stereocenters. The van der Waals surface area contributed by atoms with Gasteiger partial charge in [-0.25, -0.2) is 4.79 Å². The van der Waals surface area contributed by atoms with Gasteiger partial charge in [0, 0.05) is 12.3 Å². The molecule has 2 aliphatic rings. The van der Waals surface area contributed by atoms with E-state index in [-0.39, 0.29) is 28.8 Å². The standard InChI is InChI=1S/C21H38N2O7Si2/c1-12(2)31(13(3)4)27-11-16-19(29-32(30-31,14(5)6)15(7)8)18(25)20(28-16)23-10-9-17(24)22-21(23)26/h9-10,12-16,18-20,25H,11H2,1-8H3,(H,22,24,26). The normalized spacial score (nSPS) is 30.0. The number of hydrogen-bond acceptors (Lipinski definition) is 7. The Balaban J connectivity index is 2.08. The lowest BCUT2D eigenvalue weighted by Crippen LogP contribution is -2.65. The molecule has 0 bridgehead atoms. The molecular weight excluding hydrogens is 448 g/mol. The Morgan fingerprint density at radius 3 is 2.06 bits per heavy atom. The van der Waals surface area contributed by atoms with Crippen molar-refractivity contribution in [2.75, 3.05) is 6.61 Å². The van der Waals surface area contributed by atoms with Gasteiger partial charge in [0.05, 0.1) is 6.61 Å². The predicted octanol–water partition coefficient (Wildman–Crippen LogP) is 2.75. The molecule has 2 saturated heterocycles. The molecule has 2 aliphatic heterocycles. The largest absolute Gasteiger partial charge is 0.414 e. The fraction of sp³-hybridized carbons (Fsp3) is 0.810. The average Bonchev–Trinajstić information content (AvgIpc) is 2.96. The Labute approximate surface area is 191 Å². The topological polar surface area (TPSA) is 112 Å². The van der Waals surface area contributed by atoms with E-state index in [1.54, 1.807) is 0 Å². The van der Waals surface area contributed by atoms with Crippen molar-refractivity contribution >= 4 is 17.1 Å². The Kier molecular flexibility index (Phi) is 7.40. The summed E-state index contributed by atoms with van der Waals surface area (Å²) >= 11 is 0. The maximum Gasteiger partial charge on any atom is 0.335 e. The van der Waals surface area contributed by atoms with E-state index in [0.29, 0.717) is 0 Å². The van der Waals surface area contributed by atoms with Crippen LogP contribution in [0.5, 0.6) is 0 Å². The van der Waals surface area contributed by atoms with Gasteiger partial charge in [-0.1, -0.05) is 55.4 Å². The summed E-state index contributed by atoms with van der Waals surface area (Å²) in [5, 5.41) is 11.2. The van der Waals surface area contributed by atoms with E-state index in [1.165, 1.54) is 16.8 Å². The van der Waals surface area contributed by atoms with Crippen molar-refractivity contribution in [3.05, 3.63) is 33.1 Å². The van der Waals surface area contributed by atoms with Gasteiger partial charge >= 0.3 is 22.8 Å². The van der Waals surface area contributed by atoms with E-state index in [2.05, 4.69) is 60.4 Å². The van der Waals surface area contributed by atoms with E-state index in [4.69, 9.17) is 17.7 Å². The second-order valence-corrected chi connectivity index (χ2v) is 19.0. The number of aliphatic hydroxyl groups is 1. The first-order chi connectivity index (χ1) is 14.9. The van der Waals surface area contributed by atoms with Gasteiger partial charge in [-0.05, 0) is 22.2 Å². The van der Waals surface area contributed by atoms with Gasteiger partial charge < -0.3 is 22.8 Å². The molecular formula is C21H38N2O7Si2. The number of fused-ring (bicyclic) bond motifs is 1. The highest BCUT2D eigenvalue weighted by molar-refractivity contribution is 6.83. The van der Waals surface area contributed by atoms with Gasteiger partial charge in [-0.3, -0.25) is 14.3 Å². The first-order valence-electron chi connectivity index (χ1n) is 11.5. The van der Waals surface area contributed by atoms with Crippen molar-refractivity contribution in [2.24, 2.45) is 0 Å². The maximum atomic E-state index is 12.4. The summed E-state index contributed by atoms with van der Waals surface area (Å²) in [5.41, 5.74) is -0.551. The summed E-state index contributed by atoms with van der Waals surface area (Å²) in [6.07, 6.45) is -2.04. The van der Waals surface area contributed by atoms with Crippen LogP contribution in [0.4, 0.5) is 0 Å². The number of hydrogen-bond donors (Lipinski definition) is 2. The fourth-order valence-electron chi connectivity index (χ4n) is 4.99. The van der Waals surface area contributed by atoms with Crippen molar-refractivity contribution in [2.45, 2.75) is 102 Å². The lowest BCUT2D eigenvalue weighted by atomic mass is 10.1. The van der Waals surface area contributed by atoms with Crippen LogP contribution in [0.2, 0.25) is 22.2 Å². The first-order valence-corrected chi connectivity index (χ1v) is 15.5. The molecule has 2 N–H and O–H groups in total. The zero-order valence-electron chi connectivity index (χ0n) is 20.3. The Bertz CT molecular complexity index is 898. The molecule has 182 valence electrons. The third-order valence-electron chi connectivity index (χ3n) is 6.77. The molecule has 3 heterocycles. The molecule has 1 aromatic rings. The molecule has 0 aliphatic carbocycles. The second-order valence-electron chi connectivity index (χ2n) is 10.1. The highest BCUT2D eigenvalue weighted by Gasteiger charge is 2.61. The molecule has 4 atom stereocenters. The van der Waals surface area contributed by atoms with Crippen molar-refractivity contribution in [1.82, 2.24) is 9.55 Å². The van der Waals surface area contributed by atoms with Crippen LogP contribution in [0.3, 0.4) is 0 Å². The minimum atomic E-state index is -2.91. The number of rotatable bonds is 5. The van der Waals surface area contributed by atoms with E-state index in [0.717, 1.165) is 0 Å². The van der Waals surface area contributed by atoms with E-state index >= 15 is 0 Å². The van der Waals surface area contributed by atoms with E-state index in [1.807, 2.05) is 0 Å². The van der Waals surface area contributed by atoms with Crippen LogP contribution in [-0.4, -0.2) is 56.7 Å². The van der Waals surface area contributed by atoms with Crippen LogP contribution >= 0.6 is 0 Å². The molecule has 0 saturated carbocycles. The van der Waals surface area contributed by atoms with E-state index < -0.39 is 52.9 Å². The van der Waals surface area contributed by atoms with Gasteiger partial charge in [-0.15, -0.1) is 0 Å². The molecule has 3 rings (SSSR count). The molecule has 0 radical (unpaired) electrons. The smallest absolute Gasteiger partial charge is 0.335 e. The first kappa shape index (κ1) is 25.5. The van der Waals surface area contributed by atoms with Crippen molar-refractivity contribution in [3.8, 4) is 0 Å². The SMILES string of the molecule is CC(C)[Si]1(C(C)C)OCC2OC(n3ccc(=O)[nH]c3=O)C(O)C2O[Si](C(C)C)(C(C)C)O1. The molecule has 9 nitrogen and oxygen atoms in total. The van der Waals surface area contributed by atoms with Crippen LogP contribution in [0.25, 0.3) is 0 Å². The zero-order chi connectivity index (χ0) is 24.0. The van der Waals surface area contributed by atoms with Gasteiger partial charge in [0.2, 0.25) is 0 Å². The Morgan fingerprint density at radius 2 is 1.56 bits per heavy atom. The van der Waals surface area contributed by atoms with Crippen LogP contribution in [0, 0.1) is 0 Å². The number of aliphatic hydroxyl groups excluding tert-OH is 1. The zero-order valence-corrected chi connectivity index (χ0v) is 22.3. The monoisotopic (exact) mass is 486 g/mol. The van der Waals surface area contributed by atoms with Gasteiger partial charge in [0.25, 0.3) is 5.56 Å². The lowest BCUT2D eigenvalue weighted by molar-refractivity contribution is -0.0600. The van der Waals surface area contributed by atoms with Crippen molar-refractivity contribution < 1.29 is 22.8 Å². The number of aromatic nitrogens is 2. The fourth-order valence-corrected chi connectivity index (χ4v) is 16.2. The molecule has 0 spiro atoms. The predicted molar refractivity (Wildman–Crippen MR) is 125 cm³/mol. The summed E-state index contributed by atoms with van der Waals surface area (Å²) in [6, 6.07) is 1.23. The quantitative estimate of drug-likeness (QED) is 0.616. The molecule has 1 aromatic heterocycles. The second kappa shape index (κ2) is 9.28. The highest BCUT2D eigenvalue weighted by Crippen LogP contribution is 2.48. The number of aromatic amines is 1. The molecule has 32 heavy (non-hydrogen) atoms. The minimum Gasteiger partial charge on any atom is -0.414 e. The van der Waals surface area contributed by atoms with Gasteiger partial charge in [0.15, 0.2) is 6.23 Å². The number of nitrogens with one attached hydrogen (secondary N) is 1. The minimum absolute atomic E-state index is 0.108. The van der Waals surface area contributed by atoms with Gasteiger partial charge in [0.1, 0.15) is 18.3 Å². The maximum absolute atomic E-state index is 12.4. The lowest BCUT2D eigenvalue weighted by Gasteiger charge is -2.51. The summed E-state index contributed by atoms with van der Waals surface area (Å²) in [4.78, 5) is 26.1. The third kappa shape index (κ3) is 4.24. The Morgan fingerprint density at radius 1 is 1.00 bits per heavy atom. The third-order valence-corrected chi connectivity index (χ3v) is 17.0. The molecule has 0 amide bonds.